The van der Waals surface area contributed by atoms with Crippen molar-refractivity contribution in [3.63, 3.8) is 0 Å². The van der Waals surface area contributed by atoms with Crippen LogP contribution in [0.25, 0.3) is 0 Å². The SMILES string of the molecule is COc1ccc(CSC(C)C(O)(Cn2cncn2)c2ccc(F)cc2F)cc1. The Morgan fingerprint density at radius 2 is 1.96 bits per heavy atom. The molecule has 3 rings (SSSR count). The first-order valence-electron chi connectivity index (χ1n) is 8.67. The average molecular weight is 405 g/mol. The van der Waals surface area contributed by atoms with Crippen LogP contribution in [0.3, 0.4) is 0 Å². The van der Waals surface area contributed by atoms with Gasteiger partial charge < -0.3 is 9.84 Å². The summed E-state index contributed by atoms with van der Waals surface area (Å²) in [5, 5.41) is 15.1. The van der Waals surface area contributed by atoms with Crippen molar-refractivity contribution in [3.8, 4) is 5.75 Å². The van der Waals surface area contributed by atoms with Crippen LogP contribution in [0.1, 0.15) is 18.1 Å². The zero-order chi connectivity index (χ0) is 20.1. The highest BCUT2D eigenvalue weighted by atomic mass is 32.2. The summed E-state index contributed by atoms with van der Waals surface area (Å²) in [6.07, 6.45) is 2.80. The van der Waals surface area contributed by atoms with Gasteiger partial charge in [-0.2, -0.15) is 16.9 Å². The number of ether oxygens (including phenoxy) is 1. The number of halogens is 2. The van der Waals surface area contributed by atoms with Crippen LogP contribution in [0.2, 0.25) is 0 Å². The van der Waals surface area contributed by atoms with Gasteiger partial charge in [-0.3, -0.25) is 0 Å². The molecule has 2 unspecified atom stereocenters. The van der Waals surface area contributed by atoms with Crippen LogP contribution in [-0.2, 0) is 17.9 Å². The van der Waals surface area contributed by atoms with Crippen LogP contribution >= 0.6 is 11.8 Å². The number of methoxy groups -OCH3 is 1. The lowest BCUT2D eigenvalue weighted by atomic mass is 9.90. The van der Waals surface area contributed by atoms with E-state index in [0.29, 0.717) is 5.75 Å². The lowest BCUT2D eigenvalue weighted by Crippen LogP contribution is -2.41. The minimum atomic E-state index is -1.61. The largest absolute Gasteiger partial charge is 0.497 e. The van der Waals surface area contributed by atoms with Crippen LogP contribution in [0.5, 0.6) is 5.75 Å². The van der Waals surface area contributed by atoms with Crippen molar-refractivity contribution in [1.29, 1.82) is 0 Å². The van der Waals surface area contributed by atoms with E-state index in [0.717, 1.165) is 23.4 Å². The number of nitrogens with zero attached hydrogens (tertiary/aromatic N) is 3. The van der Waals surface area contributed by atoms with E-state index in [1.807, 2.05) is 31.2 Å². The molecule has 2 aromatic carbocycles. The molecule has 28 heavy (non-hydrogen) atoms. The summed E-state index contributed by atoms with van der Waals surface area (Å²) in [5.74, 6) is -0.117. The highest BCUT2D eigenvalue weighted by Gasteiger charge is 2.39. The summed E-state index contributed by atoms with van der Waals surface area (Å²) < 4.78 is 34.5. The lowest BCUT2D eigenvalue weighted by molar-refractivity contribution is 0.0133. The van der Waals surface area contributed by atoms with E-state index >= 15 is 0 Å². The monoisotopic (exact) mass is 405 g/mol. The maximum atomic E-state index is 14.5. The molecule has 0 bridgehead atoms. The van der Waals surface area contributed by atoms with Crippen LogP contribution in [-0.4, -0.2) is 32.2 Å². The Bertz CT molecular complexity index is 906. The zero-order valence-electron chi connectivity index (χ0n) is 15.5. The minimum absolute atomic E-state index is 0.00761. The van der Waals surface area contributed by atoms with Crippen molar-refractivity contribution in [1.82, 2.24) is 14.8 Å². The maximum absolute atomic E-state index is 14.5. The number of thioether (sulfide) groups is 1. The zero-order valence-corrected chi connectivity index (χ0v) is 16.4. The molecule has 3 aromatic rings. The van der Waals surface area contributed by atoms with Crippen molar-refractivity contribution in [2.75, 3.05) is 7.11 Å². The third kappa shape index (κ3) is 4.51. The maximum Gasteiger partial charge on any atom is 0.137 e. The molecule has 0 aliphatic carbocycles. The van der Waals surface area contributed by atoms with Gasteiger partial charge in [0.1, 0.15) is 35.6 Å². The van der Waals surface area contributed by atoms with Crippen LogP contribution in [0, 0.1) is 11.6 Å². The fourth-order valence-electron chi connectivity index (χ4n) is 2.92. The molecule has 0 spiro atoms. The Hall–Kier alpha value is -2.45. The molecule has 8 heteroatoms. The Kier molecular flexibility index (Phi) is 6.31. The molecule has 2 atom stereocenters. The molecule has 0 fully saturated rings. The van der Waals surface area contributed by atoms with Gasteiger partial charge in [0.25, 0.3) is 0 Å². The van der Waals surface area contributed by atoms with Crippen LogP contribution in [0.4, 0.5) is 8.78 Å². The molecule has 1 aromatic heterocycles. The number of hydrogen-bond acceptors (Lipinski definition) is 5. The normalized spacial score (nSPS) is 14.5. The van der Waals surface area contributed by atoms with Crippen LogP contribution < -0.4 is 4.74 Å². The number of benzene rings is 2. The van der Waals surface area contributed by atoms with E-state index in [-0.39, 0.29) is 12.1 Å². The summed E-state index contributed by atoms with van der Waals surface area (Å²) in [7, 11) is 1.60. The molecule has 0 radical (unpaired) electrons. The van der Waals surface area contributed by atoms with Crippen molar-refractivity contribution >= 4 is 11.8 Å². The second-order valence-corrected chi connectivity index (χ2v) is 7.77. The first kappa shape index (κ1) is 20.3. The number of aromatic nitrogens is 3. The Balaban J connectivity index is 1.84. The minimum Gasteiger partial charge on any atom is -0.497 e. The van der Waals surface area contributed by atoms with E-state index in [4.69, 9.17) is 4.74 Å². The Morgan fingerprint density at radius 3 is 2.57 bits per heavy atom. The summed E-state index contributed by atoms with van der Waals surface area (Å²) in [5.41, 5.74) is -0.540. The van der Waals surface area contributed by atoms with Crippen molar-refractivity contribution in [3.05, 3.63) is 77.9 Å². The molecule has 5 nitrogen and oxygen atoms in total. The summed E-state index contributed by atoms with van der Waals surface area (Å²) in [6, 6.07) is 10.8. The molecule has 0 saturated carbocycles. The van der Waals surface area contributed by atoms with Gasteiger partial charge in [0.15, 0.2) is 0 Å². The van der Waals surface area contributed by atoms with E-state index in [1.165, 1.54) is 35.2 Å². The summed E-state index contributed by atoms with van der Waals surface area (Å²) >= 11 is 1.47. The molecule has 148 valence electrons. The third-order valence-electron chi connectivity index (χ3n) is 4.60. The van der Waals surface area contributed by atoms with Gasteiger partial charge in [0, 0.05) is 22.6 Å². The molecular weight excluding hydrogens is 384 g/mol. The predicted octanol–water partition coefficient (Wildman–Crippen LogP) is 3.77. The molecule has 0 aliphatic rings. The Labute approximate surface area is 166 Å². The average Bonchev–Trinajstić information content (AvgIpc) is 3.19. The topological polar surface area (TPSA) is 60.2 Å². The van der Waals surface area contributed by atoms with Crippen molar-refractivity contribution in [2.45, 2.75) is 30.1 Å². The van der Waals surface area contributed by atoms with Gasteiger partial charge in [-0.1, -0.05) is 25.1 Å². The van der Waals surface area contributed by atoms with Gasteiger partial charge in [0.05, 0.1) is 13.7 Å². The molecular formula is C20H21F2N3O2S. The standard InChI is InChI=1S/C20H21F2N3O2S/c1-14(28-10-15-3-6-17(27-2)7-4-15)20(26,11-25-13-23-12-24-25)18-8-5-16(21)9-19(18)22/h3-9,12-14,26H,10-11H2,1-2H3. The van der Waals surface area contributed by atoms with Gasteiger partial charge in [0.2, 0.25) is 0 Å². The summed E-state index contributed by atoms with van der Waals surface area (Å²) in [6.45, 7) is 1.81. The highest BCUT2D eigenvalue weighted by molar-refractivity contribution is 7.99. The third-order valence-corrected chi connectivity index (χ3v) is 5.99. The highest BCUT2D eigenvalue weighted by Crippen LogP contribution is 2.37. The van der Waals surface area contributed by atoms with E-state index < -0.39 is 22.5 Å². The second kappa shape index (κ2) is 8.70. The smallest absolute Gasteiger partial charge is 0.137 e. The fourth-order valence-corrected chi connectivity index (χ4v) is 4.03. The van der Waals surface area contributed by atoms with Crippen molar-refractivity contribution < 1.29 is 18.6 Å². The molecule has 0 amide bonds. The number of hydrogen-bond donors (Lipinski definition) is 1. The van der Waals surface area contributed by atoms with E-state index in [9.17, 15) is 13.9 Å². The predicted molar refractivity (Wildman–Crippen MR) is 104 cm³/mol. The van der Waals surface area contributed by atoms with Crippen molar-refractivity contribution in [2.24, 2.45) is 0 Å². The quantitative estimate of drug-likeness (QED) is 0.618. The number of rotatable bonds is 8. The summed E-state index contributed by atoms with van der Waals surface area (Å²) in [4.78, 5) is 3.87. The number of aliphatic hydroxyl groups is 1. The molecule has 1 heterocycles. The van der Waals surface area contributed by atoms with Crippen LogP contribution in [0.15, 0.2) is 55.1 Å². The molecule has 0 saturated heterocycles. The van der Waals surface area contributed by atoms with Gasteiger partial charge in [-0.05, 0) is 23.8 Å². The molecule has 0 aliphatic heterocycles. The van der Waals surface area contributed by atoms with Gasteiger partial charge >= 0.3 is 0 Å². The fraction of sp³-hybridized carbons (Fsp3) is 0.300. The van der Waals surface area contributed by atoms with E-state index in [2.05, 4.69) is 10.1 Å². The van der Waals surface area contributed by atoms with Gasteiger partial charge in [-0.15, -0.1) is 0 Å². The Morgan fingerprint density at radius 1 is 1.21 bits per heavy atom. The first-order valence-corrected chi connectivity index (χ1v) is 9.72. The lowest BCUT2D eigenvalue weighted by Gasteiger charge is -2.34. The van der Waals surface area contributed by atoms with Gasteiger partial charge in [-0.25, -0.2) is 18.4 Å². The van der Waals surface area contributed by atoms with E-state index in [1.54, 1.807) is 7.11 Å². The second-order valence-electron chi connectivity index (χ2n) is 6.44. The first-order chi connectivity index (χ1) is 13.4. The molecule has 1 N–H and O–H groups in total.